The summed E-state index contributed by atoms with van der Waals surface area (Å²) in [4.78, 5) is 27.0. The Morgan fingerprint density at radius 1 is 1.06 bits per heavy atom. The molecule has 188 valence electrons. The molecule has 0 atom stereocenters. The van der Waals surface area contributed by atoms with Crippen molar-refractivity contribution in [3.05, 3.63) is 76.6 Å². The number of aromatic amines is 1. The average molecular weight is 488 g/mol. The summed E-state index contributed by atoms with van der Waals surface area (Å²) in [5.41, 5.74) is 4.20. The molecule has 9 heteroatoms. The maximum Gasteiger partial charge on any atom is 0.251 e. The number of hydrogen-bond acceptors (Lipinski definition) is 6. The molecule has 0 spiro atoms. The summed E-state index contributed by atoms with van der Waals surface area (Å²) in [6.07, 6.45) is 5.43. The van der Waals surface area contributed by atoms with Crippen LogP contribution in [0, 0.1) is 6.92 Å². The lowest BCUT2D eigenvalue weighted by Gasteiger charge is -2.46. The van der Waals surface area contributed by atoms with Gasteiger partial charge in [0, 0.05) is 31.1 Å². The maximum atomic E-state index is 12.3. The lowest BCUT2D eigenvalue weighted by Crippen LogP contribution is -2.63. The second kappa shape index (κ2) is 11.0. The minimum Gasteiger partial charge on any atom is -0.349 e. The Balaban J connectivity index is 0.997. The van der Waals surface area contributed by atoms with Crippen LogP contribution in [0.3, 0.4) is 0 Å². The van der Waals surface area contributed by atoms with E-state index in [0.717, 1.165) is 18.7 Å². The normalized spacial score (nSPS) is 20.5. The number of rotatable bonds is 8. The minimum atomic E-state index is -0.220. The monoisotopic (exact) mass is 487 g/mol. The zero-order valence-corrected chi connectivity index (χ0v) is 20.6. The van der Waals surface area contributed by atoms with E-state index in [1.54, 1.807) is 6.07 Å². The number of amides is 2. The van der Waals surface area contributed by atoms with Crippen molar-refractivity contribution in [3.8, 4) is 0 Å². The van der Waals surface area contributed by atoms with Crippen molar-refractivity contribution in [2.75, 3.05) is 19.6 Å². The number of H-pyrrole nitrogens is 1. The third kappa shape index (κ3) is 5.96. The molecule has 2 fully saturated rings. The third-order valence-corrected chi connectivity index (χ3v) is 7.38. The second-order valence-electron chi connectivity index (χ2n) is 10.0. The summed E-state index contributed by atoms with van der Waals surface area (Å²) >= 11 is 0. The molecular weight excluding hydrogens is 454 g/mol. The van der Waals surface area contributed by atoms with E-state index in [1.165, 1.54) is 36.8 Å². The van der Waals surface area contributed by atoms with E-state index < -0.39 is 0 Å². The molecule has 0 bridgehead atoms. The number of hydrogen-bond donors (Lipinski definition) is 3. The second-order valence-corrected chi connectivity index (χ2v) is 10.0. The van der Waals surface area contributed by atoms with Crippen LogP contribution in [0.1, 0.15) is 64.5 Å². The van der Waals surface area contributed by atoms with Crippen LogP contribution in [0.2, 0.25) is 0 Å². The van der Waals surface area contributed by atoms with Gasteiger partial charge in [0.25, 0.3) is 5.91 Å². The largest absolute Gasteiger partial charge is 0.349 e. The third-order valence-electron chi connectivity index (χ3n) is 7.38. The summed E-state index contributed by atoms with van der Waals surface area (Å²) < 4.78 is 0. The van der Waals surface area contributed by atoms with Crippen LogP contribution in [-0.2, 0) is 11.2 Å². The van der Waals surface area contributed by atoms with Crippen LogP contribution < -0.4 is 10.6 Å². The average Bonchev–Trinajstić information content (AvgIpc) is 3.38. The molecule has 2 aliphatic rings. The van der Waals surface area contributed by atoms with Crippen molar-refractivity contribution >= 4 is 11.8 Å². The molecular formula is C27H33N7O2. The van der Waals surface area contributed by atoms with E-state index in [0.29, 0.717) is 29.8 Å². The molecule has 1 saturated carbocycles. The Bertz CT molecular complexity index is 1170. The number of aryl methyl sites for hydroxylation is 1. The molecule has 2 heterocycles. The van der Waals surface area contributed by atoms with Gasteiger partial charge in [0.15, 0.2) is 5.82 Å². The van der Waals surface area contributed by atoms with E-state index in [2.05, 4.69) is 60.4 Å². The Labute approximate surface area is 211 Å². The van der Waals surface area contributed by atoms with E-state index in [4.69, 9.17) is 0 Å². The molecule has 5 rings (SSSR count). The van der Waals surface area contributed by atoms with Gasteiger partial charge in [-0.15, -0.1) is 10.2 Å². The summed E-state index contributed by atoms with van der Waals surface area (Å²) in [5, 5.41) is 19.9. The highest BCUT2D eigenvalue weighted by molar-refractivity contribution is 5.96. The quantitative estimate of drug-likeness (QED) is 0.449. The van der Waals surface area contributed by atoms with Gasteiger partial charge in [-0.3, -0.25) is 14.5 Å². The van der Waals surface area contributed by atoms with Crippen molar-refractivity contribution in [2.24, 2.45) is 0 Å². The topological polar surface area (TPSA) is 116 Å². The molecule has 1 aliphatic heterocycles. The number of tetrazole rings is 1. The maximum absolute atomic E-state index is 12.3. The molecule has 3 N–H and O–H groups in total. The fourth-order valence-electron chi connectivity index (χ4n) is 5.35. The van der Waals surface area contributed by atoms with E-state index >= 15 is 0 Å². The standard InChI is InChI=1S/C27H33N7O2/c1-18-3-2-4-22(13-18)27(36)28-15-26(35)29-23-16-34(17-23)24-11-9-21(10-12-24)20-7-5-19(6-8-20)14-25-30-32-33-31-25/h2-8,13,21,23-24H,9-12,14-17H2,1H3,(H,28,36)(H,29,35)(H,30,31,32,33). The van der Waals surface area contributed by atoms with Crippen molar-refractivity contribution in [1.29, 1.82) is 0 Å². The minimum absolute atomic E-state index is 0.00226. The SMILES string of the molecule is Cc1cccc(C(=O)NCC(=O)NC2CN(C3CCC(c4ccc(Cc5nn[nH]n5)cc4)CC3)C2)c1. The highest BCUT2D eigenvalue weighted by Gasteiger charge is 2.35. The number of benzene rings is 2. The number of likely N-dealkylation sites (tertiary alicyclic amines) is 1. The number of carbonyl (C=O) groups is 2. The summed E-state index contributed by atoms with van der Waals surface area (Å²) in [6.45, 7) is 3.72. The van der Waals surface area contributed by atoms with E-state index in [9.17, 15) is 9.59 Å². The van der Waals surface area contributed by atoms with Gasteiger partial charge in [0.1, 0.15) is 0 Å². The predicted octanol–water partition coefficient (Wildman–Crippen LogP) is 2.36. The Morgan fingerprint density at radius 2 is 1.83 bits per heavy atom. The van der Waals surface area contributed by atoms with Gasteiger partial charge < -0.3 is 10.6 Å². The first-order valence-corrected chi connectivity index (χ1v) is 12.7. The molecule has 3 aromatic rings. The van der Waals surface area contributed by atoms with Gasteiger partial charge in [-0.2, -0.15) is 5.21 Å². The molecule has 2 aromatic carbocycles. The molecule has 1 aromatic heterocycles. The first-order chi connectivity index (χ1) is 17.5. The van der Waals surface area contributed by atoms with E-state index in [1.807, 2.05) is 25.1 Å². The number of carbonyl (C=O) groups excluding carboxylic acids is 2. The van der Waals surface area contributed by atoms with Gasteiger partial charge >= 0.3 is 0 Å². The first-order valence-electron chi connectivity index (χ1n) is 12.7. The molecule has 0 unspecified atom stereocenters. The predicted molar refractivity (Wildman–Crippen MR) is 135 cm³/mol. The first kappa shape index (κ1) is 24.1. The summed E-state index contributed by atoms with van der Waals surface area (Å²) in [5.74, 6) is 0.961. The fourth-order valence-corrected chi connectivity index (χ4v) is 5.35. The van der Waals surface area contributed by atoms with Crippen LogP contribution in [0.5, 0.6) is 0 Å². The summed E-state index contributed by atoms with van der Waals surface area (Å²) in [7, 11) is 0. The lowest BCUT2D eigenvalue weighted by molar-refractivity contribution is -0.122. The molecule has 36 heavy (non-hydrogen) atoms. The van der Waals surface area contributed by atoms with Crippen molar-refractivity contribution in [3.63, 3.8) is 0 Å². The summed E-state index contributed by atoms with van der Waals surface area (Å²) in [6, 6.07) is 16.9. The molecule has 9 nitrogen and oxygen atoms in total. The van der Waals surface area contributed by atoms with Crippen LogP contribution >= 0.6 is 0 Å². The van der Waals surface area contributed by atoms with Crippen LogP contribution in [-0.4, -0.2) is 69.1 Å². The van der Waals surface area contributed by atoms with Crippen LogP contribution in [0.15, 0.2) is 48.5 Å². The van der Waals surface area contributed by atoms with Crippen LogP contribution in [0.25, 0.3) is 0 Å². The number of nitrogens with zero attached hydrogens (tertiary/aromatic N) is 4. The van der Waals surface area contributed by atoms with Gasteiger partial charge in [0.05, 0.1) is 12.6 Å². The smallest absolute Gasteiger partial charge is 0.251 e. The van der Waals surface area contributed by atoms with Gasteiger partial charge in [-0.1, -0.05) is 47.2 Å². The zero-order chi connectivity index (χ0) is 24.9. The van der Waals surface area contributed by atoms with Crippen LogP contribution in [0.4, 0.5) is 0 Å². The number of nitrogens with one attached hydrogen (secondary N) is 3. The van der Waals surface area contributed by atoms with Crippen molar-refractivity contribution < 1.29 is 9.59 Å². The lowest BCUT2D eigenvalue weighted by atomic mass is 9.80. The Hall–Kier alpha value is -3.59. The van der Waals surface area contributed by atoms with Crippen molar-refractivity contribution in [2.45, 2.75) is 57.0 Å². The highest BCUT2D eigenvalue weighted by atomic mass is 16.2. The molecule has 1 aliphatic carbocycles. The number of aromatic nitrogens is 4. The Kier molecular flexibility index (Phi) is 7.36. The van der Waals surface area contributed by atoms with Gasteiger partial charge in [0.2, 0.25) is 5.91 Å². The van der Waals surface area contributed by atoms with E-state index in [-0.39, 0.29) is 24.4 Å². The molecule has 0 radical (unpaired) electrons. The fraction of sp³-hybridized carbons (Fsp3) is 0.444. The van der Waals surface area contributed by atoms with Crippen molar-refractivity contribution in [1.82, 2.24) is 36.2 Å². The Morgan fingerprint density at radius 3 is 2.53 bits per heavy atom. The highest BCUT2D eigenvalue weighted by Crippen LogP contribution is 2.36. The molecule has 2 amide bonds. The van der Waals surface area contributed by atoms with Gasteiger partial charge in [-0.25, -0.2) is 0 Å². The van der Waals surface area contributed by atoms with Gasteiger partial charge in [-0.05, 0) is 61.8 Å². The zero-order valence-electron chi connectivity index (χ0n) is 20.6. The molecule has 1 saturated heterocycles.